The largest absolute Gasteiger partial charge is 0.420 e. The molecule has 0 bridgehead atoms. The number of nitrogens with two attached hydrogens (primary N) is 1. The summed E-state index contributed by atoms with van der Waals surface area (Å²) in [6.45, 7) is 1.50. The molecule has 37 heavy (non-hydrogen) atoms. The van der Waals surface area contributed by atoms with Gasteiger partial charge in [0.05, 0.1) is 5.56 Å². The van der Waals surface area contributed by atoms with Crippen LogP contribution < -0.4 is 11.1 Å². The number of rotatable bonds is 6. The van der Waals surface area contributed by atoms with E-state index in [9.17, 15) is 22.4 Å². The van der Waals surface area contributed by atoms with Gasteiger partial charge in [-0.1, -0.05) is 0 Å². The number of hydrogen-bond donors (Lipinski definition) is 2. The minimum atomic E-state index is -4.27. The number of nitrogen functional groups attached to an aromatic ring is 1. The number of nitrogens with zero attached hydrogens (tertiary/aromatic N) is 7. The van der Waals surface area contributed by atoms with Crippen molar-refractivity contribution in [2.75, 3.05) is 11.1 Å². The molecular weight excluding hydrogens is 498 g/mol. The van der Waals surface area contributed by atoms with Crippen LogP contribution >= 0.6 is 0 Å². The minimum absolute atomic E-state index is 0.0562. The van der Waals surface area contributed by atoms with Gasteiger partial charge < -0.3 is 15.5 Å². The number of aromatic nitrogens is 7. The standard InChI is InChI=1S/C22H19F4N9O2/c1-20(18-33-34-19(37-18)21(23)5-6-21)12-13(27)30-14(31-15(12)32-17(20)36)11-7-10(3-2-4-22(24,25)26)16-28-9-29-35(16)8-11/h7-9H,2-6H2,1H3,(H3,27,30,31,32,36). The van der Waals surface area contributed by atoms with E-state index in [0.29, 0.717) is 16.8 Å². The highest BCUT2D eigenvalue weighted by Gasteiger charge is 2.55. The summed E-state index contributed by atoms with van der Waals surface area (Å²) < 4.78 is 59.4. The molecule has 5 heterocycles. The smallest absolute Gasteiger partial charge is 0.389 e. The summed E-state index contributed by atoms with van der Waals surface area (Å²) in [6, 6.07) is 1.62. The Morgan fingerprint density at radius 3 is 2.70 bits per heavy atom. The number of alkyl halides is 4. The van der Waals surface area contributed by atoms with Crippen LogP contribution in [0.3, 0.4) is 0 Å². The number of fused-ring (bicyclic) bond motifs is 2. The van der Waals surface area contributed by atoms with Gasteiger partial charge in [-0.2, -0.15) is 18.3 Å². The van der Waals surface area contributed by atoms with Gasteiger partial charge in [0.25, 0.3) is 5.89 Å². The van der Waals surface area contributed by atoms with E-state index in [2.05, 4.69) is 35.6 Å². The number of carbonyl (C=O) groups excluding carboxylic acids is 1. The number of carbonyl (C=O) groups is 1. The average molecular weight is 517 g/mol. The molecule has 1 amide bonds. The average Bonchev–Trinajstić information content (AvgIpc) is 3.21. The second-order valence-electron chi connectivity index (χ2n) is 9.36. The van der Waals surface area contributed by atoms with Crippen molar-refractivity contribution in [1.29, 1.82) is 0 Å². The molecule has 1 aliphatic carbocycles. The predicted octanol–water partition coefficient (Wildman–Crippen LogP) is 3.25. The van der Waals surface area contributed by atoms with Crippen molar-refractivity contribution in [2.24, 2.45) is 0 Å². The van der Waals surface area contributed by atoms with Crippen molar-refractivity contribution in [3.8, 4) is 11.4 Å². The van der Waals surface area contributed by atoms with Gasteiger partial charge >= 0.3 is 6.18 Å². The lowest BCUT2D eigenvalue weighted by atomic mass is 9.84. The summed E-state index contributed by atoms with van der Waals surface area (Å²) in [4.78, 5) is 26.0. The Bertz CT molecular complexity index is 1560. The van der Waals surface area contributed by atoms with Crippen molar-refractivity contribution >= 4 is 23.2 Å². The van der Waals surface area contributed by atoms with Gasteiger partial charge in [0.15, 0.2) is 22.6 Å². The van der Waals surface area contributed by atoms with E-state index in [-0.39, 0.29) is 60.5 Å². The fourth-order valence-electron chi connectivity index (χ4n) is 4.45. The van der Waals surface area contributed by atoms with Crippen molar-refractivity contribution in [1.82, 2.24) is 34.8 Å². The number of aryl methyl sites for hydroxylation is 1. The number of amides is 1. The third kappa shape index (κ3) is 3.76. The Morgan fingerprint density at radius 2 is 1.97 bits per heavy atom. The van der Waals surface area contributed by atoms with E-state index in [4.69, 9.17) is 10.2 Å². The van der Waals surface area contributed by atoms with Gasteiger partial charge in [-0.05, 0) is 44.2 Å². The lowest BCUT2D eigenvalue weighted by Gasteiger charge is -2.18. The molecule has 2 aliphatic rings. The van der Waals surface area contributed by atoms with Crippen molar-refractivity contribution in [3.05, 3.63) is 41.5 Å². The topological polar surface area (TPSA) is 150 Å². The summed E-state index contributed by atoms with van der Waals surface area (Å²) in [5.74, 6) is -0.726. The zero-order valence-electron chi connectivity index (χ0n) is 19.3. The Labute approximate surface area is 205 Å². The zero-order valence-corrected chi connectivity index (χ0v) is 19.3. The molecule has 1 fully saturated rings. The molecule has 1 unspecified atom stereocenters. The number of anilines is 2. The molecule has 11 nitrogen and oxygen atoms in total. The predicted molar refractivity (Wildman–Crippen MR) is 119 cm³/mol. The van der Waals surface area contributed by atoms with Gasteiger partial charge in [-0.15, -0.1) is 10.2 Å². The molecule has 4 aromatic rings. The van der Waals surface area contributed by atoms with Crippen LogP contribution in [0.4, 0.5) is 29.2 Å². The molecule has 1 saturated carbocycles. The second-order valence-corrected chi connectivity index (χ2v) is 9.36. The molecule has 15 heteroatoms. The summed E-state index contributed by atoms with van der Waals surface area (Å²) in [6.07, 6.45) is -1.87. The molecule has 0 aromatic carbocycles. The molecule has 3 N–H and O–H groups in total. The summed E-state index contributed by atoms with van der Waals surface area (Å²) >= 11 is 0. The minimum Gasteiger partial charge on any atom is -0.420 e. The van der Waals surface area contributed by atoms with Gasteiger partial charge in [0.1, 0.15) is 18.0 Å². The molecule has 0 spiro atoms. The SMILES string of the molecule is CC1(c2nnc(C3(F)CC3)o2)C(=O)Nc2nc(-c3cc(CCCC(F)(F)F)c4ncnn4c3)nc(N)c21. The first kappa shape index (κ1) is 23.2. The highest BCUT2D eigenvalue weighted by Crippen LogP contribution is 2.50. The second kappa shape index (κ2) is 7.66. The fraction of sp³-hybridized carbons (Fsp3) is 0.409. The first-order valence-corrected chi connectivity index (χ1v) is 11.4. The number of hydrogen-bond acceptors (Lipinski definition) is 9. The summed E-state index contributed by atoms with van der Waals surface area (Å²) in [7, 11) is 0. The molecular formula is C22H19F4N9O2. The summed E-state index contributed by atoms with van der Waals surface area (Å²) in [5.41, 5.74) is 4.60. The lowest BCUT2D eigenvalue weighted by Crippen LogP contribution is -2.33. The maximum absolute atomic E-state index is 14.4. The van der Waals surface area contributed by atoms with Gasteiger partial charge in [-0.25, -0.2) is 23.9 Å². The van der Waals surface area contributed by atoms with Crippen LogP contribution in [0.5, 0.6) is 0 Å². The van der Waals surface area contributed by atoms with Crippen molar-refractivity contribution < 1.29 is 26.8 Å². The molecule has 0 saturated heterocycles. The molecule has 1 aliphatic heterocycles. The number of pyridine rings is 1. The van der Waals surface area contributed by atoms with E-state index in [0.717, 1.165) is 0 Å². The normalized spacial score (nSPS) is 20.3. The van der Waals surface area contributed by atoms with Crippen LogP contribution in [0, 0.1) is 0 Å². The van der Waals surface area contributed by atoms with E-state index in [1.54, 1.807) is 12.3 Å². The quantitative estimate of drug-likeness (QED) is 0.367. The van der Waals surface area contributed by atoms with Crippen LogP contribution in [-0.4, -0.2) is 46.8 Å². The van der Waals surface area contributed by atoms with Gasteiger partial charge in [0, 0.05) is 18.2 Å². The van der Waals surface area contributed by atoms with Gasteiger partial charge in [-0.3, -0.25) is 4.79 Å². The van der Waals surface area contributed by atoms with E-state index >= 15 is 0 Å². The lowest BCUT2D eigenvalue weighted by molar-refractivity contribution is -0.135. The third-order valence-electron chi connectivity index (χ3n) is 6.66. The van der Waals surface area contributed by atoms with E-state index in [1.807, 2.05) is 0 Å². The number of halogens is 4. The Morgan fingerprint density at radius 1 is 1.22 bits per heavy atom. The van der Waals surface area contributed by atoms with Gasteiger partial charge in [0.2, 0.25) is 11.8 Å². The maximum Gasteiger partial charge on any atom is 0.389 e. The highest BCUT2D eigenvalue weighted by atomic mass is 19.4. The molecule has 192 valence electrons. The monoisotopic (exact) mass is 517 g/mol. The molecule has 0 radical (unpaired) electrons. The summed E-state index contributed by atoms with van der Waals surface area (Å²) in [5, 5.41) is 14.4. The van der Waals surface area contributed by atoms with Crippen LogP contribution in [0.2, 0.25) is 0 Å². The first-order chi connectivity index (χ1) is 17.5. The maximum atomic E-state index is 14.4. The first-order valence-electron chi connectivity index (χ1n) is 11.4. The van der Waals surface area contributed by atoms with Crippen molar-refractivity contribution in [3.63, 3.8) is 0 Å². The molecule has 1 atom stereocenters. The fourth-order valence-corrected chi connectivity index (χ4v) is 4.45. The van der Waals surface area contributed by atoms with Crippen LogP contribution in [-0.2, 0) is 22.3 Å². The Kier molecular flexibility index (Phi) is 4.81. The third-order valence-corrected chi connectivity index (χ3v) is 6.66. The van der Waals surface area contributed by atoms with E-state index < -0.39 is 29.6 Å². The number of nitrogens with one attached hydrogen (secondary N) is 1. The van der Waals surface area contributed by atoms with Crippen LogP contribution in [0.1, 0.15) is 55.5 Å². The Balaban J connectivity index is 1.38. The van der Waals surface area contributed by atoms with E-state index in [1.165, 1.54) is 17.8 Å². The van der Waals surface area contributed by atoms with Crippen LogP contribution in [0.15, 0.2) is 23.0 Å². The molecule has 6 rings (SSSR count). The highest BCUT2D eigenvalue weighted by molar-refractivity contribution is 6.08. The zero-order chi connectivity index (χ0) is 26.2. The molecule has 4 aromatic heterocycles. The van der Waals surface area contributed by atoms with Crippen LogP contribution in [0.25, 0.3) is 17.0 Å². The Hall–Kier alpha value is -4.17. The van der Waals surface area contributed by atoms with Crippen molar-refractivity contribution in [2.45, 2.75) is 56.3 Å².